The van der Waals surface area contributed by atoms with Crippen LogP contribution < -0.4 is 5.73 Å². The van der Waals surface area contributed by atoms with E-state index < -0.39 is 11.6 Å². The largest absolute Gasteiger partial charge is 0.459 e. The number of ether oxygens (including phenoxy) is 2. The van der Waals surface area contributed by atoms with Crippen molar-refractivity contribution in [2.24, 2.45) is 5.73 Å². The minimum Gasteiger partial charge on any atom is -0.459 e. The Labute approximate surface area is 105 Å². The molecule has 0 spiro atoms. The molecule has 0 aromatic heterocycles. The van der Waals surface area contributed by atoms with Crippen LogP contribution in [0.15, 0.2) is 0 Å². The second-order valence-corrected chi connectivity index (χ2v) is 6.24. The number of hydrogen-bond donors (Lipinski definition) is 1. The molecule has 1 atom stereocenters. The molecule has 17 heavy (non-hydrogen) atoms. The standard InChI is InChI=1S/C13H27NO3/c1-12(2,3)16-9-7-8-10(14)11(15)17-13(4,5)6/h10H,7-9,14H2,1-6H3. The van der Waals surface area contributed by atoms with Crippen LogP contribution in [0.3, 0.4) is 0 Å². The van der Waals surface area contributed by atoms with Crippen LogP contribution in [0.1, 0.15) is 54.4 Å². The third-order valence-corrected chi connectivity index (χ3v) is 1.90. The van der Waals surface area contributed by atoms with Gasteiger partial charge in [0.15, 0.2) is 0 Å². The van der Waals surface area contributed by atoms with E-state index in [-0.39, 0.29) is 11.6 Å². The van der Waals surface area contributed by atoms with Crippen molar-refractivity contribution >= 4 is 5.97 Å². The molecular weight excluding hydrogens is 218 g/mol. The molecule has 0 saturated heterocycles. The van der Waals surface area contributed by atoms with Gasteiger partial charge in [-0.25, -0.2) is 0 Å². The first-order valence-corrected chi connectivity index (χ1v) is 6.14. The highest BCUT2D eigenvalue weighted by Crippen LogP contribution is 2.11. The van der Waals surface area contributed by atoms with Gasteiger partial charge in [0, 0.05) is 6.61 Å². The predicted octanol–water partition coefficient (Wildman–Crippen LogP) is 2.25. The van der Waals surface area contributed by atoms with Gasteiger partial charge in [-0.2, -0.15) is 0 Å². The first-order chi connectivity index (χ1) is 7.51. The van der Waals surface area contributed by atoms with E-state index in [0.717, 1.165) is 6.42 Å². The molecule has 102 valence electrons. The predicted molar refractivity (Wildman–Crippen MR) is 68.8 cm³/mol. The van der Waals surface area contributed by atoms with E-state index in [0.29, 0.717) is 13.0 Å². The van der Waals surface area contributed by atoms with Crippen LogP contribution >= 0.6 is 0 Å². The van der Waals surface area contributed by atoms with Crippen LogP contribution in [0.4, 0.5) is 0 Å². The molecule has 0 aliphatic carbocycles. The van der Waals surface area contributed by atoms with Crippen LogP contribution in [0.5, 0.6) is 0 Å². The molecule has 0 aromatic rings. The second kappa shape index (κ2) is 6.36. The lowest BCUT2D eigenvalue weighted by molar-refractivity contribution is -0.156. The van der Waals surface area contributed by atoms with E-state index in [1.807, 2.05) is 41.5 Å². The first-order valence-electron chi connectivity index (χ1n) is 6.14. The Bertz CT molecular complexity index is 238. The van der Waals surface area contributed by atoms with Crippen molar-refractivity contribution in [3.8, 4) is 0 Å². The lowest BCUT2D eigenvalue weighted by atomic mass is 10.1. The maximum absolute atomic E-state index is 11.6. The maximum atomic E-state index is 11.6. The zero-order chi connectivity index (χ0) is 13.7. The highest BCUT2D eigenvalue weighted by atomic mass is 16.6. The second-order valence-electron chi connectivity index (χ2n) is 6.24. The van der Waals surface area contributed by atoms with Crippen LogP contribution in [-0.4, -0.2) is 29.8 Å². The molecule has 4 nitrogen and oxygen atoms in total. The van der Waals surface area contributed by atoms with E-state index in [9.17, 15) is 4.79 Å². The number of carbonyl (C=O) groups is 1. The van der Waals surface area contributed by atoms with Gasteiger partial charge in [0.05, 0.1) is 5.60 Å². The van der Waals surface area contributed by atoms with E-state index in [1.54, 1.807) is 0 Å². The Morgan fingerprint density at radius 1 is 1.12 bits per heavy atom. The van der Waals surface area contributed by atoms with Crippen molar-refractivity contribution in [3.63, 3.8) is 0 Å². The Balaban J connectivity index is 3.80. The molecule has 1 unspecified atom stereocenters. The molecule has 4 heteroatoms. The lowest BCUT2D eigenvalue weighted by Crippen LogP contribution is -2.37. The smallest absolute Gasteiger partial charge is 0.323 e. The quantitative estimate of drug-likeness (QED) is 0.596. The van der Waals surface area contributed by atoms with Crippen LogP contribution in [-0.2, 0) is 14.3 Å². The number of rotatable bonds is 5. The van der Waals surface area contributed by atoms with Gasteiger partial charge in [0.2, 0.25) is 0 Å². The summed E-state index contributed by atoms with van der Waals surface area (Å²) in [5.74, 6) is -0.340. The van der Waals surface area contributed by atoms with Gasteiger partial charge >= 0.3 is 5.97 Å². The summed E-state index contributed by atoms with van der Waals surface area (Å²) in [4.78, 5) is 11.6. The summed E-state index contributed by atoms with van der Waals surface area (Å²) in [7, 11) is 0. The highest BCUT2D eigenvalue weighted by molar-refractivity contribution is 5.75. The Hall–Kier alpha value is -0.610. The van der Waals surface area contributed by atoms with E-state index in [1.165, 1.54) is 0 Å². The van der Waals surface area contributed by atoms with Crippen molar-refractivity contribution in [2.45, 2.75) is 71.6 Å². The van der Waals surface area contributed by atoms with Gasteiger partial charge in [-0.3, -0.25) is 4.79 Å². The van der Waals surface area contributed by atoms with Gasteiger partial charge in [-0.15, -0.1) is 0 Å². The number of hydrogen-bond acceptors (Lipinski definition) is 4. The first kappa shape index (κ1) is 16.4. The molecule has 0 aromatic carbocycles. The Morgan fingerprint density at radius 3 is 2.06 bits per heavy atom. The zero-order valence-electron chi connectivity index (χ0n) is 12.0. The third kappa shape index (κ3) is 10.3. The van der Waals surface area contributed by atoms with Gasteiger partial charge in [-0.05, 0) is 54.4 Å². The fourth-order valence-corrected chi connectivity index (χ4v) is 1.18. The molecule has 0 bridgehead atoms. The van der Waals surface area contributed by atoms with Gasteiger partial charge in [0.25, 0.3) is 0 Å². The van der Waals surface area contributed by atoms with Crippen molar-refractivity contribution < 1.29 is 14.3 Å². The normalized spacial score (nSPS) is 14.5. The highest BCUT2D eigenvalue weighted by Gasteiger charge is 2.21. The molecule has 2 N–H and O–H groups in total. The summed E-state index contributed by atoms with van der Waals surface area (Å²) in [6, 6.07) is -0.558. The average molecular weight is 245 g/mol. The Kier molecular flexibility index (Phi) is 6.13. The molecule has 0 amide bonds. The monoisotopic (exact) mass is 245 g/mol. The summed E-state index contributed by atoms with van der Waals surface area (Å²) in [5.41, 5.74) is 5.13. The van der Waals surface area contributed by atoms with Crippen molar-refractivity contribution in [1.82, 2.24) is 0 Å². The van der Waals surface area contributed by atoms with Gasteiger partial charge in [0.1, 0.15) is 11.6 Å². The number of nitrogens with two attached hydrogens (primary N) is 1. The Morgan fingerprint density at radius 2 is 1.65 bits per heavy atom. The zero-order valence-corrected chi connectivity index (χ0v) is 12.0. The fourth-order valence-electron chi connectivity index (χ4n) is 1.18. The van der Waals surface area contributed by atoms with Crippen molar-refractivity contribution in [3.05, 3.63) is 0 Å². The molecule has 0 aliphatic heterocycles. The average Bonchev–Trinajstić information content (AvgIpc) is 2.07. The molecular formula is C13H27NO3. The summed E-state index contributed by atoms with van der Waals surface area (Å²) < 4.78 is 10.7. The topological polar surface area (TPSA) is 61.5 Å². The molecule has 0 radical (unpaired) electrons. The van der Waals surface area contributed by atoms with Crippen molar-refractivity contribution in [2.75, 3.05) is 6.61 Å². The van der Waals surface area contributed by atoms with Crippen LogP contribution in [0.25, 0.3) is 0 Å². The lowest BCUT2D eigenvalue weighted by Gasteiger charge is -2.23. The third-order valence-electron chi connectivity index (χ3n) is 1.90. The number of esters is 1. The molecule has 0 fully saturated rings. The molecule has 0 heterocycles. The fraction of sp³-hybridized carbons (Fsp3) is 0.923. The SMILES string of the molecule is CC(C)(C)OCCCC(N)C(=O)OC(C)(C)C. The molecule has 0 rings (SSSR count). The number of carbonyl (C=O) groups excluding carboxylic acids is 1. The van der Waals surface area contributed by atoms with E-state index in [2.05, 4.69) is 0 Å². The minimum atomic E-state index is -0.558. The van der Waals surface area contributed by atoms with Crippen molar-refractivity contribution in [1.29, 1.82) is 0 Å². The van der Waals surface area contributed by atoms with Gasteiger partial charge < -0.3 is 15.2 Å². The maximum Gasteiger partial charge on any atom is 0.323 e. The van der Waals surface area contributed by atoms with E-state index >= 15 is 0 Å². The van der Waals surface area contributed by atoms with E-state index in [4.69, 9.17) is 15.2 Å². The summed E-state index contributed by atoms with van der Waals surface area (Å²) in [5, 5.41) is 0. The van der Waals surface area contributed by atoms with Crippen LogP contribution in [0.2, 0.25) is 0 Å². The minimum absolute atomic E-state index is 0.143. The summed E-state index contributed by atoms with van der Waals surface area (Å²) in [6.45, 7) is 12.1. The molecule has 0 saturated carbocycles. The molecule has 0 aliphatic rings. The van der Waals surface area contributed by atoms with Crippen LogP contribution in [0, 0.1) is 0 Å². The summed E-state index contributed by atoms with van der Waals surface area (Å²) >= 11 is 0. The van der Waals surface area contributed by atoms with Gasteiger partial charge in [-0.1, -0.05) is 0 Å². The summed E-state index contributed by atoms with van der Waals surface area (Å²) in [6.07, 6.45) is 1.35.